The fourth-order valence-corrected chi connectivity index (χ4v) is 17.7. The number of benzene rings is 9. The van der Waals surface area contributed by atoms with Crippen LogP contribution in [0.1, 0.15) is 203 Å². The van der Waals surface area contributed by atoms with Crippen LogP contribution >= 0.6 is 63.7 Å². The van der Waals surface area contributed by atoms with Crippen LogP contribution in [-0.4, -0.2) is 157 Å². The van der Waals surface area contributed by atoms with E-state index in [9.17, 15) is 9.59 Å². The molecule has 2 aliphatic carbocycles. The molecule has 0 saturated heterocycles. The van der Waals surface area contributed by atoms with Crippen LogP contribution in [0.4, 0.5) is 9.59 Å². The summed E-state index contributed by atoms with van der Waals surface area (Å²) in [6.07, 6.45) is 31.1. The molecular formula is C112H138Br4N2O14. The summed E-state index contributed by atoms with van der Waals surface area (Å²) in [4.78, 5) is 23.5. The molecule has 0 saturated carbocycles. The van der Waals surface area contributed by atoms with Crippen molar-refractivity contribution in [2.24, 2.45) is 0 Å². The van der Waals surface area contributed by atoms with Crippen LogP contribution in [0.25, 0.3) is 76.9 Å². The monoisotopic (exact) mass is 2050 g/mol. The Bertz CT molecular complexity index is 5000. The van der Waals surface area contributed by atoms with Crippen LogP contribution in [0, 0.1) is 6.92 Å². The molecule has 2 N–H and O–H groups in total. The summed E-state index contributed by atoms with van der Waals surface area (Å²) in [5, 5.41) is 5.56. The van der Waals surface area contributed by atoms with Crippen molar-refractivity contribution in [2.75, 3.05) is 134 Å². The third-order valence-corrected chi connectivity index (χ3v) is 23.9. The Kier molecular flexibility index (Phi) is 48.0. The zero-order valence-corrected chi connectivity index (χ0v) is 85.9. The molecule has 0 atom stereocenters. The minimum absolute atomic E-state index is 0.0482. The number of unbranched alkanes of at least 4 members (excludes halogenated alkanes) is 2. The van der Waals surface area contributed by atoms with E-state index in [-0.39, 0.29) is 16.9 Å². The second-order valence-corrected chi connectivity index (χ2v) is 38.2. The van der Waals surface area contributed by atoms with Crippen LogP contribution in [0.2, 0.25) is 0 Å². The van der Waals surface area contributed by atoms with Gasteiger partial charge in [-0.2, -0.15) is 0 Å². The summed E-state index contributed by atoms with van der Waals surface area (Å²) in [7, 11) is 6.83. The van der Waals surface area contributed by atoms with Gasteiger partial charge in [0.25, 0.3) is 0 Å². The maximum absolute atomic E-state index is 12.1. The summed E-state index contributed by atoms with van der Waals surface area (Å²) >= 11 is 14.3. The molecule has 0 bridgehead atoms. The SMILES string of the molecule is C/C=C/c1ccc(/C=C/c2ccc(/C=C/c3ccc(/C=C/c4ccc5c(c4)C(CCCOCCOC)(CCCOCCOC)c4cc(C)ccc4-5)cc3)cc2OCCCCNC(=O)OC(C)(C)C)cc1.C=Cc1ccc(C=C)cc1.CC(C)(C)OC(=O)NCCCCOc1cc(Br)cc(Br)c1.COCCOCCCC1(CCCOCCOC)c2cc(Br)ccc2-c2ccc(Br)cc21. The molecule has 0 spiro atoms. The number of hydrogen-bond acceptors (Lipinski definition) is 14. The number of rotatable bonds is 49. The summed E-state index contributed by atoms with van der Waals surface area (Å²) in [6.45, 7) is 32.7. The third-order valence-electron chi connectivity index (χ3n) is 22.0. The van der Waals surface area contributed by atoms with Gasteiger partial charge in [0.05, 0.1) is 66.1 Å². The number of amides is 2. The highest BCUT2D eigenvalue weighted by Crippen LogP contribution is 2.56. The molecule has 11 rings (SSSR count). The Labute approximate surface area is 820 Å². The molecular weight excluding hydrogens is 1920 g/mol. The number of aryl methyl sites for hydroxylation is 1. The Morgan fingerprint density at radius 1 is 0.341 bits per heavy atom. The fourth-order valence-electron chi connectivity index (χ4n) is 15.7. The van der Waals surface area contributed by atoms with Crippen molar-refractivity contribution < 1.29 is 66.4 Å². The van der Waals surface area contributed by atoms with E-state index in [1.165, 1.54) is 61.2 Å². The average Bonchev–Trinajstić information content (AvgIpc) is 1.57. The highest BCUT2D eigenvalue weighted by atomic mass is 79.9. The first-order chi connectivity index (χ1) is 63.7. The minimum Gasteiger partial charge on any atom is -0.494 e. The van der Waals surface area contributed by atoms with Gasteiger partial charge in [-0.1, -0.05) is 277 Å². The Balaban J connectivity index is 0.000000279. The van der Waals surface area contributed by atoms with Crippen LogP contribution in [-0.2, 0) is 58.2 Å². The molecule has 132 heavy (non-hydrogen) atoms. The predicted octanol–water partition coefficient (Wildman–Crippen LogP) is 28.6. The molecule has 20 heteroatoms. The van der Waals surface area contributed by atoms with E-state index in [1.807, 2.05) is 109 Å². The minimum atomic E-state index is -0.526. The summed E-state index contributed by atoms with van der Waals surface area (Å²) in [5.41, 5.74) is 21.1. The van der Waals surface area contributed by atoms with Crippen molar-refractivity contribution in [1.82, 2.24) is 10.6 Å². The predicted molar refractivity (Wildman–Crippen MR) is 560 cm³/mol. The van der Waals surface area contributed by atoms with E-state index >= 15 is 0 Å². The number of allylic oxidation sites excluding steroid dienone is 1. The van der Waals surface area contributed by atoms with E-state index in [1.54, 1.807) is 28.4 Å². The highest BCUT2D eigenvalue weighted by Gasteiger charge is 2.44. The molecule has 2 amide bonds. The van der Waals surface area contributed by atoms with Crippen molar-refractivity contribution >= 4 is 131 Å². The normalized spacial score (nSPS) is 12.7. The number of carbonyl (C=O) groups excluding carboxylic acids is 2. The highest BCUT2D eigenvalue weighted by molar-refractivity contribution is 9.11. The molecule has 0 aromatic heterocycles. The van der Waals surface area contributed by atoms with Gasteiger partial charge in [-0.15, -0.1) is 0 Å². The third kappa shape index (κ3) is 37.4. The molecule has 0 aliphatic heterocycles. The number of ether oxygens (including phenoxy) is 12. The summed E-state index contributed by atoms with van der Waals surface area (Å²) in [5.74, 6) is 1.63. The lowest BCUT2D eigenvalue weighted by Crippen LogP contribution is -2.33. The van der Waals surface area contributed by atoms with Gasteiger partial charge < -0.3 is 67.5 Å². The van der Waals surface area contributed by atoms with Crippen molar-refractivity contribution in [1.29, 1.82) is 0 Å². The zero-order chi connectivity index (χ0) is 95.0. The standard InChI is InChI=1S/C62H75NO7.C25H32Br2O4.C15H21Br2NO3.C10H10/c1-8-13-48-15-17-51(18-16-48)27-30-54-31-28-53(46-59(54)69-39-10-9-36-63-60(64)70-61(3,4)5)26-24-50-21-19-49(20-22-50)23-25-52-29-33-56-55-32-14-47(2)44-57(55)62(58(56)45-52,34-11-37-67-42-40-65-6)35-12-38-68-43-41-66-7;1-28-13-15-30-11-3-9-25(10-4-12-31-16-14-29-2)23-17-19(26)5-7-21(23)22-8-6-20(27)18-24(22)25;1-15(2,3)21-14(19)18-6-4-5-7-20-13-9-11(16)8-12(17)10-13;1-3-9-5-7-10(4-2)8-6-9/h8,13-33,44-46H,9-12,34-43H2,1-7H3,(H,63,64);5-8,17-18H,3-4,9-16H2,1-2H3;8-10H,4-7H2,1-3H3,(H,18,19);3-8H,1-2H2/b13-8+,25-23+,26-24+,30-27+;;;. The van der Waals surface area contributed by atoms with Crippen LogP contribution in [0.5, 0.6) is 11.5 Å². The number of methoxy groups -OCH3 is 4. The first-order valence-electron chi connectivity index (χ1n) is 45.9. The topological polar surface area (TPSA) is 169 Å². The number of hydrogen-bond donors (Lipinski definition) is 2. The van der Waals surface area contributed by atoms with Gasteiger partial charge in [-0.05, 0) is 270 Å². The average molecular weight is 2060 g/mol. The van der Waals surface area contributed by atoms with Gasteiger partial charge in [0, 0.05) is 102 Å². The molecule has 2 aliphatic rings. The van der Waals surface area contributed by atoms with Gasteiger partial charge in [0.15, 0.2) is 0 Å². The lowest BCUT2D eigenvalue weighted by Gasteiger charge is -2.33. The van der Waals surface area contributed by atoms with E-state index in [0.717, 1.165) is 159 Å². The molecule has 0 heterocycles. The molecule has 9 aromatic carbocycles. The van der Waals surface area contributed by atoms with Crippen molar-refractivity contribution in [3.8, 4) is 33.8 Å². The quantitative estimate of drug-likeness (QED) is 0.0273. The second-order valence-electron chi connectivity index (χ2n) is 34.5. The molecule has 708 valence electrons. The number of halogens is 4. The van der Waals surface area contributed by atoms with E-state index in [2.05, 4.69) is 276 Å². The molecule has 9 aromatic rings. The van der Waals surface area contributed by atoms with Crippen molar-refractivity contribution in [2.45, 2.75) is 154 Å². The van der Waals surface area contributed by atoms with E-state index in [0.29, 0.717) is 92.4 Å². The lowest BCUT2D eigenvalue weighted by molar-refractivity contribution is 0.0515. The maximum Gasteiger partial charge on any atom is 0.407 e. The van der Waals surface area contributed by atoms with Gasteiger partial charge in [-0.25, -0.2) is 9.59 Å². The van der Waals surface area contributed by atoms with Crippen molar-refractivity contribution in [3.63, 3.8) is 0 Å². The molecule has 16 nitrogen and oxygen atoms in total. The lowest BCUT2D eigenvalue weighted by atomic mass is 9.71. The maximum atomic E-state index is 12.1. The van der Waals surface area contributed by atoms with Crippen LogP contribution in [0.15, 0.2) is 219 Å². The molecule has 0 radical (unpaired) electrons. The van der Waals surface area contributed by atoms with Gasteiger partial charge in [0.1, 0.15) is 22.7 Å². The smallest absolute Gasteiger partial charge is 0.407 e. The molecule has 0 unspecified atom stereocenters. The summed E-state index contributed by atoms with van der Waals surface area (Å²) < 4.78 is 70.9. The number of carbonyl (C=O) groups is 2. The van der Waals surface area contributed by atoms with Gasteiger partial charge in [0.2, 0.25) is 0 Å². The molecule has 0 fully saturated rings. The fraction of sp³-hybridized carbons (Fsp3) is 0.393. The Morgan fingerprint density at radius 2 is 0.682 bits per heavy atom. The first-order valence-corrected chi connectivity index (χ1v) is 49.1. The first kappa shape index (κ1) is 108. The Morgan fingerprint density at radius 3 is 1.08 bits per heavy atom. The van der Waals surface area contributed by atoms with Crippen LogP contribution < -0.4 is 20.1 Å². The van der Waals surface area contributed by atoms with E-state index in [4.69, 9.17) is 56.8 Å². The Hall–Kier alpha value is -8.84. The van der Waals surface area contributed by atoms with Gasteiger partial charge >= 0.3 is 12.2 Å². The number of nitrogens with one attached hydrogen (secondary N) is 2. The van der Waals surface area contributed by atoms with Crippen molar-refractivity contribution in [3.05, 3.63) is 297 Å². The zero-order valence-electron chi connectivity index (χ0n) is 79.5. The largest absolute Gasteiger partial charge is 0.494 e. The number of alkyl carbamates (subject to hydrolysis) is 2. The van der Waals surface area contributed by atoms with Crippen LogP contribution in [0.3, 0.4) is 0 Å². The number of fused-ring (bicyclic) bond motifs is 6. The summed E-state index contributed by atoms with van der Waals surface area (Å²) in [6, 6.07) is 64.7. The second kappa shape index (κ2) is 58.4. The van der Waals surface area contributed by atoms with Gasteiger partial charge in [-0.3, -0.25) is 0 Å². The van der Waals surface area contributed by atoms with E-state index < -0.39 is 17.3 Å².